The number of hydrogen-bond acceptors (Lipinski definition) is 3. The van der Waals surface area contributed by atoms with Gasteiger partial charge in [-0.25, -0.2) is 4.98 Å². The lowest BCUT2D eigenvalue weighted by Gasteiger charge is -2.09. The zero-order valence-electron chi connectivity index (χ0n) is 13.4. The van der Waals surface area contributed by atoms with E-state index in [9.17, 15) is 4.79 Å². The molecular formula is C18H22ClN3O. The van der Waals surface area contributed by atoms with Crippen molar-refractivity contribution in [1.29, 1.82) is 0 Å². The maximum absolute atomic E-state index is 12.0. The molecule has 3 rings (SSSR count). The average molecular weight is 332 g/mol. The molecule has 0 saturated heterocycles. The highest BCUT2D eigenvalue weighted by atomic mass is 35.5. The molecule has 23 heavy (non-hydrogen) atoms. The van der Waals surface area contributed by atoms with E-state index in [1.807, 2.05) is 12.1 Å². The Morgan fingerprint density at radius 2 is 2.00 bits per heavy atom. The van der Waals surface area contributed by atoms with Gasteiger partial charge in [-0.3, -0.25) is 4.79 Å². The Morgan fingerprint density at radius 1 is 1.30 bits per heavy atom. The summed E-state index contributed by atoms with van der Waals surface area (Å²) in [6.07, 6.45) is 2.71. The van der Waals surface area contributed by atoms with Crippen molar-refractivity contribution in [2.45, 2.75) is 26.8 Å². The summed E-state index contributed by atoms with van der Waals surface area (Å²) in [5.74, 6) is 1.33. The zero-order chi connectivity index (χ0) is 15.7. The molecule has 122 valence electrons. The summed E-state index contributed by atoms with van der Waals surface area (Å²) in [7, 11) is 0. The van der Waals surface area contributed by atoms with Crippen molar-refractivity contribution in [2.75, 3.05) is 5.32 Å². The van der Waals surface area contributed by atoms with Gasteiger partial charge >= 0.3 is 0 Å². The Kier molecular flexibility index (Phi) is 5.39. The normalized spacial score (nSPS) is 18.9. The molecule has 0 aliphatic heterocycles. The number of carbonyl (C=O) groups is 1. The molecule has 1 aliphatic rings. The second-order valence-electron chi connectivity index (χ2n) is 6.08. The molecule has 1 aromatic heterocycles. The monoisotopic (exact) mass is 331 g/mol. The molecule has 3 N–H and O–H groups in total. The molecule has 1 heterocycles. The van der Waals surface area contributed by atoms with Crippen LogP contribution in [-0.2, 0) is 11.3 Å². The van der Waals surface area contributed by atoms with Gasteiger partial charge in [-0.1, -0.05) is 25.1 Å². The van der Waals surface area contributed by atoms with Gasteiger partial charge in [0.15, 0.2) is 0 Å². The highest BCUT2D eigenvalue weighted by molar-refractivity contribution is 5.94. The van der Waals surface area contributed by atoms with Crippen LogP contribution in [0.5, 0.6) is 0 Å². The predicted octanol–water partition coefficient (Wildman–Crippen LogP) is 3.53. The predicted molar refractivity (Wildman–Crippen MR) is 95.5 cm³/mol. The Bertz CT molecular complexity index is 717. The molecule has 1 aromatic carbocycles. The molecule has 0 bridgehead atoms. The summed E-state index contributed by atoms with van der Waals surface area (Å²) < 4.78 is 0. The van der Waals surface area contributed by atoms with Crippen LogP contribution in [0.15, 0.2) is 36.5 Å². The van der Waals surface area contributed by atoms with Gasteiger partial charge in [0.1, 0.15) is 5.82 Å². The fourth-order valence-corrected chi connectivity index (χ4v) is 2.69. The highest BCUT2D eigenvalue weighted by Gasteiger charge is 2.39. The quantitative estimate of drug-likeness (QED) is 0.900. The van der Waals surface area contributed by atoms with Gasteiger partial charge in [-0.15, -0.1) is 12.4 Å². The van der Waals surface area contributed by atoms with E-state index in [0.29, 0.717) is 18.3 Å². The van der Waals surface area contributed by atoms with Gasteiger partial charge < -0.3 is 11.1 Å². The van der Waals surface area contributed by atoms with Gasteiger partial charge in [-0.05, 0) is 53.6 Å². The number of carbonyl (C=O) groups excluding carboxylic acids is 1. The number of pyridine rings is 1. The Balaban J connectivity index is 0.00000192. The number of halogens is 1. The van der Waals surface area contributed by atoms with Gasteiger partial charge in [0.05, 0.1) is 0 Å². The molecule has 1 amide bonds. The molecule has 2 atom stereocenters. The molecule has 1 fully saturated rings. The van der Waals surface area contributed by atoms with E-state index in [1.165, 1.54) is 5.56 Å². The van der Waals surface area contributed by atoms with E-state index in [-0.39, 0.29) is 24.2 Å². The molecule has 2 aromatic rings. The maximum atomic E-state index is 12.0. The van der Waals surface area contributed by atoms with E-state index < -0.39 is 0 Å². The third kappa shape index (κ3) is 3.89. The maximum Gasteiger partial charge on any atom is 0.228 e. The van der Waals surface area contributed by atoms with E-state index >= 15 is 0 Å². The first kappa shape index (κ1) is 17.4. The lowest BCUT2D eigenvalue weighted by Crippen LogP contribution is -2.15. The van der Waals surface area contributed by atoms with Crippen molar-refractivity contribution in [1.82, 2.24) is 4.98 Å². The largest absolute Gasteiger partial charge is 0.326 e. The van der Waals surface area contributed by atoms with Gasteiger partial charge in [0.2, 0.25) is 5.91 Å². The van der Waals surface area contributed by atoms with E-state index in [2.05, 4.69) is 42.3 Å². The van der Waals surface area contributed by atoms with Crippen molar-refractivity contribution in [3.8, 4) is 11.1 Å². The number of hydrogen-bond donors (Lipinski definition) is 2. The second kappa shape index (κ2) is 7.11. The molecule has 4 nitrogen and oxygen atoms in total. The number of nitrogens with two attached hydrogens (primary N) is 1. The Morgan fingerprint density at radius 3 is 2.61 bits per heavy atom. The summed E-state index contributed by atoms with van der Waals surface area (Å²) in [5, 5.41) is 2.91. The standard InChI is InChI=1S/C18H21N3O.ClH/c1-11-7-13(3-4-15(11)10-19)14-5-6-20-17(9-14)21-18(22)16-8-12(16)2;/h3-7,9,12,16H,8,10,19H2,1-2H3,(H,20,21,22);1H/t12-,16-;/m0./s1. The van der Waals surface area contributed by atoms with Crippen LogP contribution in [0.1, 0.15) is 24.5 Å². The number of nitrogens with one attached hydrogen (secondary N) is 1. The minimum absolute atomic E-state index is 0. The number of benzene rings is 1. The lowest BCUT2D eigenvalue weighted by atomic mass is 10.0. The van der Waals surface area contributed by atoms with Gasteiger partial charge in [0.25, 0.3) is 0 Å². The first-order valence-electron chi connectivity index (χ1n) is 7.65. The van der Waals surface area contributed by atoms with Crippen LogP contribution in [0.25, 0.3) is 11.1 Å². The summed E-state index contributed by atoms with van der Waals surface area (Å²) in [6, 6.07) is 10.1. The Labute approximate surface area is 142 Å². The zero-order valence-corrected chi connectivity index (χ0v) is 14.2. The number of anilines is 1. The summed E-state index contributed by atoms with van der Waals surface area (Å²) in [5.41, 5.74) is 10.2. The van der Waals surface area contributed by atoms with Crippen molar-refractivity contribution in [3.63, 3.8) is 0 Å². The highest BCUT2D eigenvalue weighted by Crippen LogP contribution is 2.38. The number of amides is 1. The summed E-state index contributed by atoms with van der Waals surface area (Å²) >= 11 is 0. The number of aryl methyl sites for hydroxylation is 1. The van der Waals surface area contributed by atoms with Crippen LogP contribution in [0.4, 0.5) is 5.82 Å². The summed E-state index contributed by atoms with van der Waals surface area (Å²) in [6.45, 7) is 4.70. The number of rotatable bonds is 4. The fraction of sp³-hybridized carbons (Fsp3) is 0.333. The first-order valence-corrected chi connectivity index (χ1v) is 7.65. The third-order valence-electron chi connectivity index (χ3n) is 4.35. The van der Waals surface area contributed by atoms with Crippen LogP contribution in [0.3, 0.4) is 0 Å². The number of nitrogens with zero attached hydrogens (tertiary/aromatic N) is 1. The first-order chi connectivity index (χ1) is 10.6. The van der Waals surface area contributed by atoms with Gasteiger partial charge in [0, 0.05) is 18.7 Å². The second-order valence-corrected chi connectivity index (χ2v) is 6.08. The Hall–Kier alpha value is -1.91. The molecular weight excluding hydrogens is 310 g/mol. The minimum atomic E-state index is 0. The smallest absolute Gasteiger partial charge is 0.228 e. The van der Waals surface area contributed by atoms with Crippen molar-refractivity contribution < 1.29 is 4.79 Å². The summed E-state index contributed by atoms with van der Waals surface area (Å²) in [4.78, 5) is 16.2. The minimum Gasteiger partial charge on any atom is -0.326 e. The van der Waals surface area contributed by atoms with E-state index in [4.69, 9.17) is 5.73 Å². The molecule has 1 aliphatic carbocycles. The van der Waals surface area contributed by atoms with Crippen LogP contribution in [0, 0.1) is 18.8 Å². The topological polar surface area (TPSA) is 68.0 Å². The third-order valence-corrected chi connectivity index (χ3v) is 4.35. The SMILES string of the molecule is Cc1cc(-c2ccnc(NC(=O)[C@H]3C[C@@H]3C)c2)ccc1CN.Cl. The van der Waals surface area contributed by atoms with Crippen LogP contribution in [0.2, 0.25) is 0 Å². The number of aromatic nitrogens is 1. The average Bonchev–Trinajstić information content (AvgIpc) is 3.24. The van der Waals surface area contributed by atoms with Gasteiger partial charge in [-0.2, -0.15) is 0 Å². The molecule has 0 radical (unpaired) electrons. The molecule has 5 heteroatoms. The van der Waals surface area contributed by atoms with E-state index in [0.717, 1.165) is 23.1 Å². The molecule has 0 unspecified atom stereocenters. The molecule has 0 spiro atoms. The van der Waals surface area contributed by atoms with Crippen molar-refractivity contribution in [3.05, 3.63) is 47.7 Å². The van der Waals surface area contributed by atoms with Crippen LogP contribution < -0.4 is 11.1 Å². The lowest BCUT2D eigenvalue weighted by molar-refractivity contribution is -0.117. The van der Waals surface area contributed by atoms with E-state index in [1.54, 1.807) is 6.20 Å². The molecule has 1 saturated carbocycles. The van der Waals surface area contributed by atoms with Crippen molar-refractivity contribution >= 4 is 24.1 Å². The van der Waals surface area contributed by atoms with Crippen LogP contribution in [-0.4, -0.2) is 10.9 Å². The van der Waals surface area contributed by atoms with Crippen molar-refractivity contribution in [2.24, 2.45) is 17.6 Å². The van der Waals surface area contributed by atoms with Crippen LogP contribution >= 0.6 is 12.4 Å². The fourth-order valence-electron chi connectivity index (χ4n) is 2.69.